The van der Waals surface area contributed by atoms with E-state index in [2.05, 4.69) is 10.4 Å². The molecule has 3 amide bonds. The first-order valence-corrected chi connectivity index (χ1v) is 13.1. The van der Waals surface area contributed by atoms with E-state index in [1.807, 2.05) is 6.07 Å². The van der Waals surface area contributed by atoms with Crippen LogP contribution in [0, 0.1) is 5.41 Å². The van der Waals surface area contributed by atoms with Crippen molar-refractivity contribution in [3.8, 4) is 0 Å². The van der Waals surface area contributed by atoms with Crippen LogP contribution in [0.3, 0.4) is 0 Å². The second-order valence-electron chi connectivity index (χ2n) is 9.25. The molecule has 2 aliphatic rings. The molecule has 12 heteroatoms. The topological polar surface area (TPSA) is 140 Å². The predicted octanol–water partition coefficient (Wildman–Crippen LogP) is 2.23. The minimum atomic E-state index is -4.07. The van der Waals surface area contributed by atoms with E-state index in [9.17, 15) is 23.7 Å². The van der Waals surface area contributed by atoms with Gasteiger partial charge in [0.15, 0.2) is 0 Å². The van der Waals surface area contributed by atoms with Crippen molar-refractivity contribution < 1.29 is 37.7 Å². The molecule has 2 aliphatic heterocycles. The molecule has 0 bridgehead atoms. The minimum Gasteiger partial charge on any atom is -0.468 e. The molecule has 0 aromatic heterocycles. The zero-order chi connectivity index (χ0) is 25.8. The van der Waals surface area contributed by atoms with Gasteiger partial charge >= 0.3 is 19.5 Å². The van der Waals surface area contributed by atoms with Gasteiger partial charge in [0.1, 0.15) is 12.3 Å². The third kappa shape index (κ3) is 6.16. The van der Waals surface area contributed by atoms with Gasteiger partial charge in [0.25, 0.3) is 0 Å². The van der Waals surface area contributed by atoms with Crippen LogP contribution in [0.1, 0.15) is 39.2 Å². The zero-order valence-corrected chi connectivity index (χ0v) is 21.2. The van der Waals surface area contributed by atoms with Crippen molar-refractivity contribution >= 4 is 31.5 Å². The fourth-order valence-corrected chi connectivity index (χ4v) is 5.33. The molecule has 3 rings (SSSR count). The number of hydrogen-bond acceptors (Lipinski definition) is 8. The predicted molar refractivity (Wildman–Crippen MR) is 126 cm³/mol. The maximum absolute atomic E-state index is 13.1. The van der Waals surface area contributed by atoms with E-state index in [4.69, 9.17) is 14.0 Å². The third-order valence-electron chi connectivity index (χ3n) is 6.59. The van der Waals surface area contributed by atoms with Gasteiger partial charge in [-0.05, 0) is 45.6 Å². The summed E-state index contributed by atoms with van der Waals surface area (Å²) in [6, 6.07) is 7.17. The number of ether oxygens (including phenoxy) is 2. The van der Waals surface area contributed by atoms with Crippen molar-refractivity contribution in [1.82, 2.24) is 15.3 Å². The van der Waals surface area contributed by atoms with Crippen LogP contribution < -0.4 is 10.4 Å². The lowest BCUT2D eigenvalue weighted by Crippen LogP contribution is -2.65. The first-order valence-electron chi connectivity index (χ1n) is 11.4. The summed E-state index contributed by atoms with van der Waals surface area (Å²) in [6.45, 7) is 5.10. The second kappa shape index (κ2) is 11.0. The van der Waals surface area contributed by atoms with Crippen LogP contribution in [0.25, 0.3) is 0 Å². The molecule has 2 fully saturated rings. The van der Waals surface area contributed by atoms with Gasteiger partial charge in [-0.3, -0.25) is 29.2 Å². The average molecular weight is 509 g/mol. The van der Waals surface area contributed by atoms with Gasteiger partial charge in [-0.25, -0.2) is 9.88 Å². The molecule has 0 radical (unpaired) electrons. The summed E-state index contributed by atoms with van der Waals surface area (Å²) >= 11 is 0. The summed E-state index contributed by atoms with van der Waals surface area (Å²) in [5.41, 5.74) is -0.0184. The highest BCUT2D eigenvalue weighted by Crippen LogP contribution is 2.41. The largest absolute Gasteiger partial charge is 0.468 e. The van der Waals surface area contributed by atoms with E-state index in [1.165, 1.54) is 12.0 Å². The number of nitrogens with zero attached hydrogens (tertiary/aromatic N) is 1. The Morgan fingerprint density at radius 3 is 2.63 bits per heavy atom. The second-order valence-corrected chi connectivity index (χ2v) is 11.2. The molecule has 5 unspecified atom stereocenters. The number of carbonyl (C=O) groups is 4. The highest BCUT2D eigenvalue weighted by molar-refractivity contribution is 7.72. The quantitative estimate of drug-likeness (QED) is 0.276. The van der Waals surface area contributed by atoms with Crippen LogP contribution in [0.2, 0.25) is 0 Å². The number of urea groups is 1. The number of esters is 1. The third-order valence-corrected chi connectivity index (χ3v) is 8.07. The Bertz CT molecular complexity index is 1000. The highest BCUT2D eigenvalue weighted by atomic mass is 31.2. The molecule has 0 saturated carbocycles. The smallest absolute Gasteiger partial charge is 0.332 e. The number of carbonyl (C=O) groups excluding carboxylic acids is 4. The van der Waals surface area contributed by atoms with Gasteiger partial charge in [0, 0.05) is 6.04 Å². The lowest BCUT2D eigenvalue weighted by atomic mass is 9.81. The van der Waals surface area contributed by atoms with Crippen molar-refractivity contribution in [1.29, 1.82) is 0 Å². The molecular weight excluding hydrogens is 477 g/mol. The van der Waals surface area contributed by atoms with Crippen LogP contribution in [-0.2, 0) is 39.4 Å². The maximum atomic E-state index is 13.1. The summed E-state index contributed by atoms with van der Waals surface area (Å²) in [5.74, 6) is -1.03. The van der Waals surface area contributed by atoms with Gasteiger partial charge in [-0.2, -0.15) is 0 Å². The molecule has 5 atom stereocenters. The molecule has 2 heterocycles. The van der Waals surface area contributed by atoms with E-state index in [0.29, 0.717) is 12.8 Å². The number of nitrogens with one attached hydrogen (secondary N) is 2. The summed E-state index contributed by atoms with van der Waals surface area (Å²) < 4.78 is 29.3. The summed E-state index contributed by atoms with van der Waals surface area (Å²) in [4.78, 5) is 50.1. The number of hydrogen-bond donors (Lipinski definition) is 2. The Morgan fingerprint density at radius 1 is 1.31 bits per heavy atom. The molecule has 192 valence electrons. The highest BCUT2D eigenvalue weighted by Gasteiger charge is 2.49. The van der Waals surface area contributed by atoms with Crippen molar-refractivity contribution in [3.63, 3.8) is 0 Å². The molecule has 35 heavy (non-hydrogen) atoms. The van der Waals surface area contributed by atoms with Crippen LogP contribution >= 0.6 is 7.52 Å². The molecule has 1 aromatic rings. The fourth-order valence-electron chi connectivity index (χ4n) is 4.11. The van der Waals surface area contributed by atoms with Gasteiger partial charge in [-0.15, -0.1) is 0 Å². The van der Waals surface area contributed by atoms with Crippen molar-refractivity contribution in [3.05, 3.63) is 35.9 Å². The number of amides is 3. The Morgan fingerprint density at radius 2 is 2.00 bits per heavy atom. The first kappa shape index (κ1) is 27.0. The number of rotatable bonds is 10. The first-order chi connectivity index (χ1) is 16.5. The Kier molecular flexibility index (Phi) is 8.48. The Balaban J connectivity index is 1.61. The maximum Gasteiger partial charge on any atom is 0.332 e. The van der Waals surface area contributed by atoms with Crippen LogP contribution in [0.5, 0.6) is 0 Å². The van der Waals surface area contributed by atoms with Gasteiger partial charge in [0.05, 0.1) is 25.2 Å². The average Bonchev–Trinajstić information content (AvgIpc) is 3.30. The number of benzene rings is 1. The lowest BCUT2D eigenvalue weighted by Gasteiger charge is -2.45. The fraction of sp³-hybridized carbons (Fsp3) is 0.565. The Hall–Kier alpha value is -2.59. The number of methoxy groups -OCH3 is 1. The molecule has 2 N–H and O–H groups in total. The van der Waals surface area contributed by atoms with Gasteiger partial charge in [0.2, 0.25) is 11.9 Å². The molecule has 0 spiro atoms. The van der Waals surface area contributed by atoms with E-state index in [0.717, 1.165) is 5.56 Å². The van der Waals surface area contributed by atoms with Crippen LogP contribution in [0.4, 0.5) is 4.79 Å². The lowest BCUT2D eigenvalue weighted by molar-refractivity contribution is -0.142. The van der Waals surface area contributed by atoms with Crippen molar-refractivity contribution in [2.75, 3.05) is 13.7 Å². The molecule has 1 aromatic carbocycles. The SMILES string of the molecule is COC(=O)C(Cc1ccccc1)NP(=O)(C=O)OCC1CCC(N2C(=O)NC(=O)C(C)(C)C2C)O1. The van der Waals surface area contributed by atoms with Crippen molar-refractivity contribution in [2.45, 2.75) is 64.4 Å². The molecule has 11 nitrogen and oxygen atoms in total. The van der Waals surface area contributed by atoms with Gasteiger partial charge in [-0.1, -0.05) is 30.3 Å². The monoisotopic (exact) mass is 509 g/mol. The number of imide groups is 1. The summed E-state index contributed by atoms with van der Waals surface area (Å²) in [6.07, 6.45) is -0.0309. The zero-order valence-electron chi connectivity index (χ0n) is 20.3. The van der Waals surface area contributed by atoms with Crippen LogP contribution in [-0.4, -0.2) is 67.0 Å². The molecule has 2 saturated heterocycles. The molecule has 0 aliphatic carbocycles. The molecular formula is C23H32N3O8P. The van der Waals surface area contributed by atoms with E-state index >= 15 is 0 Å². The van der Waals surface area contributed by atoms with E-state index in [1.54, 1.807) is 45.0 Å². The van der Waals surface area contributed by atoms with Crippen LogP contribution in [0.15, 0.2) is 30.3 Å². The summed E-state index contributed by atoms with van der Waals surface area (Å²) in [5, 5.41) is 4.89. The van der Waals surface area contributed by atoms with E-state index < -0.39 is 49.4 Å². The van der Waals surface area contributed by atoms with Crippen molar-refractivity contribution in [2.24, 2.45) is 5.41 Å². The normalized spacial score (nSPS) is 26.5. The van der Waals surface area contributed by atoms with E-state index in [-0.39, 0.29) is 25.0 Å². The Labute approximate surface area is 204 Å². The van der Waals surface area contributed by atoms with Gasteiger partial charge < -0.3 is 14.0 Å². The minimum absolute atomic E-state index is 0.146. The summed E-state index contributed by atoms with van der Waals surface area (Å²) in [7, 11) is -2.86. The standard InChI is InChI=1S/C23H32N3O8P/c1-15-23(2,3)21(29)24-22(30)26(15)19-11-10-17(34-19)13-33-35(31,14-27)25-18(20(28)32-4)12-16-8-6-5-7-9-16/h5-9,14-15,17-19H,10-13H2,1-4H3,(H,25,31)(H,24,29,30).